The Bertz CT molecular complexity index is 928. The van der Waals surface area contributed by atoms with E-state index in [1.54, 1.807) is 0 Å². The molecule has 0 N–H and O–H groups in total. The van der Waals surface area contributed by atoms with Crippen LogP contribution >= 0.6 is 0 Å². The smallest absolute Gasteiger partial charge is 0.359 e. The summed E-state index contributed by atoms with van der Waals surface area (Å²) in [5.41, 5.74) is -0.546. The molecular weight excluding hydrogens is 348 g/mol. The summed E-state index contributed by atoms with van der Waals surface area (Å²) in [5.74, 6) is -3.37. The lowest BCUT2D eigenvalue weighted by molar-refractivity contribution is 0.0553. The van der Waals surface area contributed by atoms with Crippen molar-refractivity contribution in [3.8, 4) is 0 Å². The van der Waals surface area contributed by atoms with Gasteiger partial charge in [-0.3, -0.25) is 0 Å². The van der Waals surface area contributed by atoms with E-state index in [0.29, 0.717) is 0 Å². The van der Waals surface area contributed by atoms with E-state index in [2.05, 4.69) is 9.84 Å². The molecule has 26 heavy (non-hydrogen) atoms. The molecule has 0 spiro atoms. The Morgan fingerprint density at radius 3 is 1.81 bits per heavy atom. The third kappa shape index (κ3) is 2.85. The molecule has 0 aliphatic rings. The minimum Gasteiger partial charge on any atom is -0.465 e. The van der Waals surface area contributed by atoms with Gasteiger partial charge < -0.3 is 18.9 Å². The maximum atomic E-state index is 12.2. The van der Waals surface area contributed by atoms with Gasteiger partial charge in [-0.25, -0.2) is 23.7 Å². The minimum absolute atomic E-state index is 0.0720. The number of aryl methyl sites for hydroxylation is 1. The van der Waals surface area contributed by atoms with Crippen LogP contribution in [0.15, 0.2) is 6.07 Å². The topological polar surface area (TPSA) is 123 Å². The molecule has 0 saturated carbocycles. The van der Waals surface area contributed by atoms with Gasteiger partial charge in [0.25, 0.3) is 0 Å². The van der Waals surface area contributed by atoms with Crippen LogP contribution in [-0.4, -0.2) is 61.9 Å². The first-order valence-corrected chi connectivity index (χ1v) is 7.21. The molecule has 2 aromatic heterocycles. The number of ether oxygens (including phenoxy) is 4. The number of hydrogen-bond donors (Lipinski definition) is 0. The van der Waals surface area contributed by atoms with E-state index < -0.39 is 23.9 Å². The van der Waals surface area contributed by atoms with Gasteiger partial charge >= 0.3 is 23.9 Å². The normalized spacial score (nSPS) is 10.3. The number of carbonyl (C=O) groups excluding carboxylic acids is 4. The third-order valence-electron chi connectivity index (χ3n) is 3.71. The number of hydrogen-bond acceptors (Lipinski definition) is 9. The highest BCUT2D eigenvalue weighted by atomic mass is 16.5. The van der Waals surface area contributed by atoms with Crippen molar-refractivity contribution in [3.05, 3.63) is 34.1 Å². The lowest BCUT2D eigenvalue weighted by Gasteiger charge is -2.11. The summed E-state index contributed by atoms with van der Waals surface area (Å²) in [4.78, 5) is 48.4. The van der Waals surface area contributed by atoms with Crippen molar-refractivity contribution in [3.63, 3.8) is 0 Å². The molecular formula is C16H16N2O8. The number of pyridine rings is 1. The second kappa shape index (κ2) is 7.21. The minimum atomic E-state index is -0.882. The van der Waals surface area contributed by atoms with Crippen LogP contribution in [0.25, 0.3) is 5.52 Å². The Balaban J connectivity index is 3.00. The van der Waals surface area contributed by atoms with Gasteiger partial charge in [0.2, 0.25) is 0 Å². The van der Waals surface area contributed by atoms with Gasteiger partial charge in [-0.1, -0.05) is 0 Å². The van der Waals surface area contributed by atoms with E-state index in [4.69, 9.17) is 14.2 Å². The van der Waals surface area contributed by atoms with E-state index in [9.17, 15) is 19.2 Å². The van der Waals surface area contributed by atoms with Crippen molar-refractivity contribution in [1.29, 1.82) is 0 Å². The number of rotatable bonds is 4. The average Bonchev–Trinajstić information content (AvgIpc) is 3.05. The van der Waals surface area contributed by atoms with E-state index in [1.807, 2.05) is 0 Å². The monoisotopic (exact) mass is 364 g/mol. The Morgan fingerprint density at radius 2 is 1.31 bits per heavy atom. The van der Waals surface area contributed by atoms with Crippen LogP contribution in [0.5, 0.6) is 0 Å². The van der Waals surface area contributed by atoms with Gasteiger partial charge in [0.05, 0.1) is 50.8 Å². The van der Waals surface area contributed by atoms with Crippen LogP contribution in [0.4, 0.5) is 0 Å². The van der Waals surface area contributed by atoms with Crippen LogP contribution in [0.3, 0.4) is 0 Å². The third-order valence-corrected chi connectivity index (χ3v) is 3.71. The molecule has 2 heterocycles. The van der Waals surface area contributed by atoms with Crippen molar-refractivity contribution in [2.45, 2.75) is 6.92 Å². The molecule has 0 atom stereocenters. The predicted molar refractivity (Wildman–Crippen MR) is 85.3 cm³/mol. The van der Waals surface area contributed by atoms with Crippen molar-refractivity contribution >= 4 is 29.4 Å². The summed E-state index contributed by atoms with van der Waals surface area (Å²) < 4.78 is 19.9. The van der Waals surface area contributed by atoms with Gasteiger partial charge in [-0.15, -0.1) is 0 Å². The largest absolute Gasteiger partial charge is 0.465 e. The maximum Gasteiger partial charge on any atom is 0.359 e. The highest BCUT2D eigenvalue weighted by Crippen LogP contribution is 2.25. The summed E-state index contributed by atoms with van der Waals surface area (Å²) in [6.45, 7) is 1.47. The molecule has 10 nitrogen and oxygen atoms in total. The lowest BCUT2D eigenvalue weighted by Crippen LogP contribution is -2.16. The maximum absolute atomic E-state index is 12.2. The standard InChI is InChI=1S/C16H16N2O8/c1-7-10(14(20)24-3)8(13(19)23-2)6-9-11(15(21)25-4)12(16(22)26-5)17-18(7)9/h6H,1-5H3. The number of aromatic nitrogens is 2. The van der Waals surface area contributed by atoms with Crippen molar-refractivity contribution in [2.24, 2.45) is 0 Å². The van der Waals surface area contributed by atoms with Crippen LogP contribution in [-0.2, 0) is 18.9 Å². The van der Waals surface area contributed by atoms with Crippen molar-refractivity contribution in [2.75, 3.05) is 28.4 Å². The molecule has 138 valence electrons. The predicted octanol–water partition coefficient (Wildman–Crippen LogP) is 0.789. The SMILES string of the molecule is COC(=O)c1cc2c(C(=O)OC)c(C(=O)OC)nn2c(C)c1C(=O)OC. The van der Waals surface area contributed by atoms with E-state index in [-0.39, 0.29) is 33.6 Å². The quantitative estimate of drug-likeness (QED) is 0.572. The van der Waals surface area contributed by atoms with E-state index in [0.717, 1.165) is 33.0 Å². The zero-order valence-electron chi connectivity index (χ0n) is 14.7. The molecule has 0 aliphatic heterocycles. The molecule has 0 saturated heterocycles. The fourth-order valence-electron chi connectivity index (χ4n) is 2.50. The second-order valence-corrected chi connectivity index (χ2v) is 5.01. The summed E-state index contributed by atoms with van der Waals surface area (Å²) in [6, 6.07) is 1.21. The zero-order chi connectivity index (χ0) is 19.6. The van der Waals surface area contributed by atoms with Crippen LogP contribution in [0.2, 0.25) is 0 Å². The zero-order valence-corrected chi connectivity index (χ0v) is 14.7. The Kier molecular flexibility index (Phi) is 5.24. The Hall–Kier alpha value is -3.43. The number of esters is 4. The van der Waals surface area contributed by atoms with Crippen LogP contribution in [0, 0.1) is 6.92 Å². The van der Waals surface area contributed by atoms with Gasteiger partial charge in [0.15, 0.2) is 5.69 Å². The molecule has 0 radical (unpaired) electrons. The number of carbonyl (C=O) groups is 4. The van der Waals surface area contributed by atoms with Gasteiger partial charge in [-0.05, 0) is 13.0 Å². The summed E-state index contributed by atoms with van der Waals surface area (Å²) in [5, 5.41) is 4.04. The molecule has 0 unspecified atom stereocenters. The molecule has 2 aromatic rings. The summed E-state index contributed by atoms with van der Waals surface area (Å²) in [7, 11) is 4.54. The average molecular weight is 364 g/mol. The highest BCUT2D eigenvalue weighted by Gasteiger charge is 2.31. The van der Waals surface area contributed by atoms with Gasteiger partial charge in [0.1, 0.15) is 5.56 Å². The number of nitrogens with zero attached hydrogens (tertiary/aromatic N) is 2. The number of methoxy groups -OCH3 is 4. The Morgan fingerprint density at radius 1 is 0.808 bits per heavy atom. The lowest BCUT2D eigenvalue weighted by atomic mass is 10.0. The molecule has 0 aliphatic carbocycles. The molecule has 10 heteroatoms. The molecule has 0 amide bonds. The first kappa shape index (κ1) is 18.9. The fourth-order valence-corrected chi connectivity index (χ4v) is 2.50. The molecule has 2 rings (SSSR count). The van der Waals surface area contributed by atoms with Gasteiger partial charge in [-0.2, -0.15) is 5.10 Å². The van der Waals surface area contributed by atoms with E-state index in [1.165, 1.54) is 13.0 Å². The molecule has 0 fully saturated rings. The van der Waals surface area contributed by atoms with Crippen LogP contribution < -0.4 is 0 Å². The second-order valence-electron chi connectivity index (χ2n) is 5.01. The molecule has 0 bridgehead atoms. The summed E-state index contributed by atoms with van der Waals surface area (Å²) >= 11 is 0. The van der Waals surface area contributed by atoms with Crippen LogP contribution in [0.1, 0.15) is 47.3 Å². The van der Waals surface area contributed by atoms with E-state index >= 15 is 0 Å². The Labute approximate surface area is 147 Å². The first-order chi connectivity index (χ1) is 12.3. The fraction of sp³-hybridized carbons (Fsp3) is 0.312. The van der Waals surface area contributed by atoms with Crippen molar-refractivity contribution in [1.82, 2.24) is 9.61 Å². The van der Waals surface area contributed by atoms with Crippen molar-refractivity contribution < 1.29 is 38.1 Å². The molecule has 0 aromatic carbocycles. The highest BCUT2D eigenvalue weighted by molar-refractivity contribution is 6.10. The first-order valence-electron chi connectivity index (χ1n) is 7.21. The summed E-state index contributed by atoms with van der Waals surface area (Å²) in [6.07, 6.45) is 0. The van der Waals surface area contributed by atoms with Gasteiger partial charge in [0, 0.05) is 0 Å². The number of fused-ring (bicyclic) bond motifs is 1.